The molecule has 1 rings (SSSR count). The van der Waals surface area contributed by atoms with Crippen molar-refractivity contribution in [3.8, 4) is 0 Å². The lowest BCUT2D eigenvalue weighted by molar-refractivity contribution is 0.163. The highest BCUT2D eigenvalue weighted by molar-refractivity contribution is 9.10. The molecular weight excluding hydrogens is 268 g/mol. The molecule has 1 aromatic carbocycles. The van der Waals surface area contributed by atoms with Crippen LogP contribution in [0.15, 0.2) is 22.7 Å². The first-order chi connectivity index (χ1) is 7.47. The number of nitrogen functional groups attached to an aromatic ring is 1. The Labute approximate surface area is 105 Å². The van der Waals surface area contributed by atoms with E-state index in [0.29, 0.717) is 0 Å². The van der Waals surface area contributed by atoms with Crippen LogP contribution in [-0.2, 0) is 6.54 Å². The van der Waals surface area contributed by atoms with E-state index < -0.39 is 0 Å². The van der Waals surface area contributed by atoms with Crippen LogP contribution < -0.4 is 5.73 Å². The molecule has 0 spiro atoms. The van der Waals surface area contributed by atoms with Gasteiger partial charge in [0.05, 0.1) is 6.10 Å². The van der Waals surface area contributed by atoms with E-state index in [-0.39, 0.29) is 6.10 Å². The molecule has 0 bridgehead atoms. The summed E-state index contributed by atoms with van der Waals surface area (Å²) < 4.78 is 1.01. The number of hydrogen-bond acceptors (Lipinski definition) is 3. The molecule has 0 amide bonds. The molecular formula is C12H19BrN2O. The van der Waals surface area contributed by atoms with Gasteiger partial charge >= 0.3 is 0 Å². The molecule has 1 atom stereocenters. The largest absolute Gasteiger partial charge is 0.399 e. The Kier molecular flexibility index (Phi) is 5.25. The topological polar surface area (TPSA) is 49.5 Å². The number of rotatable bonds is 5. The molecule has 0 fully saturated rings. The van der Waals surface area contributed by atoms with E-state index in [1.165, 1.54) is 5.56 Å². The van der Waals surface area contributed by atoms with Crippen LogP contribution in [0.5, 0.6) is 0 Å². The van der Waals surface area contributed by atoms with Crippen molar-refractivity contribution in [2.75, 3.05) is 19.3 Å². The molecule has 3 N–H and O–H groups in total. The lowest BCUT2D eigenvalue weighted by Crippen LogP contribution is -2.22. The maximum Gasteiger partial charge on any atom is 0.0524 e. The number of nitrogens with zero attached hydrogens (tertiary/aromatic N) is 1. The summed E-state index contributed by atoms with van der Waals surface area (Å²) in [5.74, 6) is 0. The van der Waals surface area contributed by atoms with Gasteiger partial charge in [0, 0.05) is 23.2 Å². The molecule has 0 radical (unpaired) electrons. The predicted octanol–water partition coefficient (Wildman–Crippen LogP) is 2.23. The van der Waals surface area contributed by atoms with Crippen LogP contribution in [0.4, 0.5) is 5.69 Å². The predicted molar refractivity (Wildman–Crippen MR) is 71.2 cm³/mol. The number of anilines is 1. The molecule has 0 aliphatic rings. The fourth-order valence-electron chi connectivity index (χ4n) is 1.56. The summed E-state index contributed by atoms with van der Waals surface area (Å²) in [5.41, 5.74) is 7.72. The lowest BCUT2D eigenvalue weighted by atomic mass is 10.2. The van der Waals surface area contributed by atoms with Crippen LogP contribution in [0.3, 0.4) is 0 Å². The Bertz CT molecular complexity index is 322. The summed E-state index contributed by atoms with van der Waals surface area (Å²) in [6.07, 6.45) is 0.551. The monoisotopic (exact) mass is 286 g/mol. The van der Waals surface area contributed by atoms with Gasteiger partial charge in [0.15, 0.2) is 0 Å². The number of hydrogen-bond donors (Lipinski definition) is 2. The Hall–Kier alpha value is -0.580. The number of nitrogens with two attached hydrogens (primary N) is 1. The minimum absolute atomic E-state index is 0.241. The van der Waals surface area contributed by atoms with Gasteiger partial charge in [-0.2, -0.15) is 0 Å². The van der Waals surface area contributed by atoms with Crippen LogP contribution in [0.1, 0.15) is 18.9 Å². The van der Waals surface area contributed by atoms with E-state index >= 15 is 0 Å². The van der Waals surface area contributed by atoms with Gasteiger partial charge < -0.3 is 15.7 Å². The maximum atomic E-state index is 9.20. The molecule has 1 unspecified atom stereocenters. The smallest absolute Gasteiger partial charge is 0.0524 e. The maximum absolute atomic E-state index is 9.20. The number of benzene rings is 1. The van der Waals surface area contributed by atoms with Crippen molar-refractivity contribution < 1.29 is 5.11 Å². The zero-order valence-corrected chi connectivity index (χ0v) is 11.4. The Morgan fingerprint density at radius 2 is 2.12 bits per heavy atom. The first kappa shape index (κ1) is 13.5. The molecule has 0 aliphatic carbocycles. The highest BCUT2D eigenvalue weighted by atomic mass is 79.9. The number of halogens is 1. The second-order valence-corrected chi connectivity index (χ2v) is 5.18. The second kappa shape index (κ2) is 6.23. The highest BCUT2D eigenvalue weighted by Gasteiger charge is 2.04. The molecule has 0 heterocycles. The van der Waals surface area contributed by atoms with Crippen LogP contribution in [0.25, 0.3) is 0 Å². The van der Waals surface area contributed by atoms with Crippen molar-refractivity contribution in [1.82, 2.24) is 4.90 Å². The van der Waals surface area contributed by atoms with Crippen LogP contribution in [-0.4, -0.2) is 29.7 Å². The van der Waals surface area contributed by atoms with Crippen molar-refractivity contribution in [3.63, 3.8) is 0 Å². The van der Waals surface area contributed by atoms with Crippen molar-refractivity contribution in [3.05, 3.63) is 28.2 Å². The van der Waals surface area contributed by atoms with E-state index in [1.807, 2.05) is 26.1 Å². The molecule has 4 heteroatoms. The molecule has 1 aromatic rings. The van der Waals surface area contributed by atoms with Gasteiger partial charge in [-0.3, -0.25) is 0 Å². The van der Waals surface area contributed by atoms with Crippen molar-refractivity contribution in [2.45, 2.75) is 26.0 Å². The zero-order valence-electron chi connectivity index (χ0n) is 9.78. The SMILES string of the molecule is CC(O)CCN(C)Cc1cc(N)cc(Br)c1. The number of aliphatic hydroxyl groups excluding tert-OH is 1. The third-order valence-electron chi connectivity index (χ3n) is 2.36. The fourth-order valence-corrected chi connectivity index (χ4v) is 2.12. The summed E-state index contributed by atoms with van der Waals surface area (Å²) in [4.78, 5) is 2.17. The van der Waals surface area contributed by atoms with Crippen molar-refractivity contribution in [1.29, 1.82) is 0 Å². The Balaban J connectivity index is 2.52. The van der Waals surface area contributed by atoms with Crippen molar-refractivity contribution >= 4 is 21.6 Å². The summed E-state index contributed by atoms with van der Waals surface area (Å²) in [7, 11) is 2.04. The molecule has 0 aliphatic heterocycles. The van der Waals surface area contributed by atoms with Gasteiger partial charge in [0.1, 0.15) is 0 Å². The van der Waals surface area contributed by atoms with E-state index in [0.717, 1.165) is 29.7 Å². The van der Waals surface area contributed by atoms with E-state index in [9.17, 15) is 5.11 Å². The van der Waals surface area contributed by atoms with E-state index in [4.69, 9.17) is 5.73 Å². The summed E-state index contributed by atoms with van der Waals surface area (Å²) in [6, 6.07) is 5.93. The van der Waals surface area contributed by atoms with Crippen LogP contribution >= 0.6 is 15.9 Å². The van der Waals surface area contributed by atoms with Gasteiger partial charge in [-0.1, -0.05) is 15.9 Å². The Morgan fingerprint density at radius 3 is 2.69 bits per heavy atom. The van der Waals surface area contributed by atoms with E-state index in [1.54, 1.807) is 0 Å². The molecule has 0 saturated heterocycles. The second-order valence-electron chi connectivity index (χ2n) is 4.27. The van der Waals surface area contributed by atoms with Gasteiger partial charge in [0.25, 0.3) is 0 Å². The molecule has 3 nitrogen and oxygen atoms in total. The molecule has 0 saturated carbocycles. The summed E-state index contributed by atoms with van der Waals surface area (Å²) in [5, 5.41) is 9.20. The first-order valence-corrected chi connectivity index (χ1v) is 6.18. The molecule has 16 heavy (non-hydrogen) atoms. The van der Waals surface area contributed by atoms with Crippen molar-refractivity contribution in [2.24, 2.45) is 0 Å². The Morgan fingerprint density at radius 1 is 1.44 bits per heavy atom. The zero-order chi connectivity index (χ0) is 12.1. The average molecular weight is 287 g/mol. The quantitative estimate of drug-likeness (QED) is 0.817. The van der Waals surface area contributed by atoms with Crippen LogP contribution in [0.2, 0.25) is 0 Å². The first-order valence-electron chi connectivity index (χ1n) is 5.39. The highest BCUT2D eigenvalue weighted by Crippen LogP contribution is 2.18. The van der Waals surface area contributed by atoms with Crippen LogP contribution in [0, 0.1) is 0 Å². The van der Waals surface area contributed by atoms with Gasteiger partial charge in [-0.05, 0) is 44.2 Å². The summed E-state index contributed by atoms with van der Waals surface area (Å²) in [6.45, 7) is 3.53. The molecule has 0 aromatic heterocycles. The third-order valence-corrected chi connectivity index (χ3v) is 2.82. The minimum Gasteiger partial charge on any atom is -0.399 e. The summed E-state index contributed by atoms with van der Waals surface area (Å²) >= 11 is 3.43. The normalized spacial score (nSPS) is 13.1. The number of aliphatic hydroxyl groups is 1. The van der Waals surface area contributed by atoms with E-state index in [2.05, 4.69) is 26.9 Å². The lowest BCUT2D eigenvalue weighted by Gasteiger charge is -2.18. The standard InChI is InChI=1S/C12H19BrN2O/c1-9(16)3-4-15(2)8-10-5-11(13)7-12(14)6-10/h5-7,9,16H,3-4,8,14H2,1-2H3. The van der Waals surface area contributed by atoms with Gasteiger partial charge in [-0.25, -0.2) is 0 Å². The minimum atomic E-state index is -0.241. The fraction of sp³-hybridized carbons (Fsp3) is 0.500. The third kappa shape index (κ3) is 4.96. The molecule has 90 valence electrons. The van der Waals surface area contributed by atoms with Gasteiger partial charge in [0.2, 0.25) is 0 Å². The van der Waals surface area contributed by atoms with Gasteiger partial charge in [-0.15, -0.1) is 0 Å². The average Bonchev–Trinajstić information content (AvgIpc) is 2.12.